The van der Waals surface area contributed by atoms with Crippen LogP contribution in [-0.2, 0) is 11.2 Å². The predicted molar refractivity (Wildman–Crippen MR) is 107 cm³/mol. The molecule has 29 heavy (non-hydrogen) atoms. The zero-order valence-corrected chi connectivity index (χ0v) is 16.7. The molecule has 2 atom stereocenters. The van der Waals surface area contributed by atoms with Gasteiger partial charge in [0.15, 0.2) is 0 Å². The van der Waals surface area contributed by atoms with Crippen LogP contribution in [0, 0.1) is 5.92 Å². The lowest BCUT2D eigenvalue weighted by Gasteiger charge is -2.42. The SMILES string of the molecule is CCN(CC)C(=O)[C@@H]1C=C2c3cccc4[nH]cc(c34)C[C@H]2N(CCC(F)(F)F)C1. The van der Waals surface area contributed by atoms with Gasteiger partial charge in [-0.3, -0.25) is 9.69 Å². The van der Waals surface area contributed by atoms with E-state index >= 15 is 0 Å². The number of rotatable bonds is 5. The Morgan fingerprint density at radius 2 is 2.03 bits per heavy atom. The van der Waals surface area contributed by atoms with Crippen LogP contribution in [0.5, 0.6) is 0 Å². The van der Waals surface area contributed by atoms with Crippen molar-refractivity contribution >= 4 is 22.4 Å². The molecule has 0 bridgehead atoms. The number of aromatic nitrogens is 1. The molecule has 0 saturated carbocycles. The lowest BCUT2D eigenvalue weighted by atomic mass is 9.79. The molecule has 0 spiro atoms. The van der Waals surface area contributed by atoms with Gasteiger partial charge in [0, 0.05) is 49.3 Å². The van der Waals surface area contributed by atoms with Crippen molar-refractivity contribution in [1.29, 1.82) is 0 Å². The third-order valence-electron chi connectivity index (χ3n) is 6.20. The van der Waals surface area contributed by atoms with E-state index in [0.717, 1.165) is 27.6 Å². The molecule has 2 heterocycles. The van der Waals surface area contributed by atoms with Crippen molar-refractivity contribution in [3.8, 4) is 0 Å². The molecule has 0 unspecified atom stereocenters. The third kappa shape index (κ3) is 3.68. The maximum absolute atomic E-state index is 13.0. The summed E-state index contributed by atoms with van der Waals surface area (Å²) in [6, 6.07) is 5.85. The van der Waals surface area contributed by atoms with Gasteiger partial charge in [-0.2, -0.15) is 13.2 Å². The van der Waals surface area contributed by atoms with E-state index in [0.29, 0.717) is 26.1 Å². The largest absolute Gasteiger partial charge is 0.390 e. The molecule has 1 amide bonds. The highest BCUT2D eigenvalue weighted by Gasteiger charge is 2.39. The van der Waals surface area contributed by atoms with Crippen LogP contribution in [0.15, 0.2) is 30.5 Å². The smallest absolute Gasteiger partial charge is 0.361 e. The Labute approximate surface area is 168 Å². The number of aromatic amines is 1. The van der Waals surface area contributed by atoms with Crippen molar-refractivity contribution in [2.24, 2.45) is 5.92 Å². The van der Waals surface area contributed by atoms with Gasteiger partial charge in [-0.15, -0.1) is 0 Å². The molecule has 1 aromatic carbocycles. The summed E-state index contributed by atoms with van der Waals surface area (Å²) in [5.41, 5.74) is 4.17. The molecule has 1 aliphatic heterocycles. The Kier molecular flexibility index (Phi) is 5.19. The quantitative estimate of drug-likeness (QED) is 0.809. The number of halogens is 3. The highest BCUT2D eigenvalue weighted by atomic mass is 19.4. The van der Waals surface area contributed by atoms with Gasteiger partial charge in [-0.1, -0.05) is 18.2 Å². The number of carbonyl (C=O) groups excluding carboxylic acids is 1. The molecule has 2 aliphatic rings. The summed E-state index contributed by atoms with van der Waals surface area (Å²) in [6.45, 7) is 5.28. The summed E-state index contributed by atoms with van der Waals surface area (Å²) >= 11 is 0. The number of carbonyl (C=O) groups is 1. The average Bonchev–Trinajstić information content (AvgIpc) is 3.11. The molecule has 1 N–H and O–H groups in total. The van der Waals surface area contributed by atoms with Crippen molar-refractivity contribution in [3.63, 3.8) is 0 Å². The van der Waals surface area contributed by atoms with E-state index in [1.165, 1.54) is 0 Å². The third-order valence-corrected chi connectivity index (χ3v) is 6.20. The van der Waals surface area contributed by atoms with Crippen molar-refractivity contribution in [1.82, 2.24) is 14.8 Å². The molecule has 7 heteroatoms. The van der Waals surface area contributed by atoms with E-state index in [2.05, 4.69) is 4.98 Å². The number of hydrogen-bond acceptors (Lipinski definition) is 2. The molecule has 0 saturated heterocycles. The summed E-state index contributed by atoms with van der Waals surface area (Å²) < 4.78 is 38.9. The van der Waals surface area contributed by atoms with Crippen LogP contribution in [0.25, 0.3) is 16.5 Å². The Morgan fingerprint density at radius 1 is 1.28 bits per heavy atom. The van der Waals surface area contributed by atoms with Gasteiger partial charge in [0.25, 0.3) is 0 Å². The standard InChI is InChI=1S/C22H26F3N3O/c1-3-27(4-2)21(29)15-10-17-16-6-5-7-18-20(16)14(12-26-18)11-19(17)28(13-15)9-8-22(23,24)25/h5-7,10,12,15,19,26H,3-4,8-9,11,13H2,1-2H3/t15-,19-/m1/s1. The second kappa shape index (κ2) is 7.52. The summed E-state index contributed by atoms with van der Waals surface area (Å²) in [4.78, 5) is 19.9. The Bertz CT molecular complexity index is 942. The molecule has 1 aliphatic carbocycles. The van der Waals surface area contributed by atoms with E-state index in [-0.39, 0.29) is 18.5 Å². The Hall–Kier alpha value is -2.28. The van der Waals surface area contributed by atoms with Crippen LogP contribution < -0.4 is 0 Å². The van der Waals surface area contributed by atoms with E-state index in [4.69, 9.17) is 0 Å². The maximum Gasteiger partial charge on any atom is 0.390 e. The van der Waals surface area contributed by atoms with Crippen LogP contribution in [0.3, 0.4) is 0 Å². The molecule has 156 valence electrons. The van der Waals surface area contributed by atoms with Gasteiger partial charge in [-0.25, -0.2) is 0 Å². The van der Waals surface area contributed by atoms with E-state index in [1.807, 2.05) is 49.2 Å². The van der Waals surface area contributed by atoms with Gasteiger partial charge in [0.1, 0.15) is 0 Å². The molecule has 0 radical (unpaired) electrons. The number of amides is 1. The topological polar surface area (TPSA) is 39.3 Å². The van der Waals surface area contributed by atoms with Crippen molar-refractivity contribution < 1.29 is 18.0 Å². The maximum atomic E-state index is 13.0. The molecule has 4 nitrogen and oxygen atoms in total. The molecular formula is C22H26F3N3O. The first-order valence-electron chi connectivity index (χ1n) is 10.2. The minimum absolute atomic E-state index is 0.00926. The van der Waals surface area contributed by atoms with Crippen LogP contribution >= 0.6 is 0 Å². The van der Waals surface area contributed by atoms with Crippen LogP contribution in [0.2, 0.25) is 0 Å². The zero-order valence-electron chi connectivity index (χ0n) is 16.7. The van der Waals surface area contributed by atoms with Crippen molar-refractivity contribution in [2.75, 3.05) is 26.2 Å². The summed E-state index contributed by atoms with van der Waals surface area (Å²) in [5, 5.41) is 1.13. The molecule has 1 aromatic heterocycles. The highest BCUT2D eigenvalue weighted by molar-refractivity contribution is 5.99. The normalized spacial score (nSPS) is 21.8. The number of nitrogens with one attached hydrogen (secondary N) is 1. The van der Waals surface area contributed by atoms with E-state index < -0.39 is 18.5 Å². The first-order chi connectivity index (χ1) is 13.8. The van der Waals surface area contributed by atoms with Gasteiger partial charge in [-0.05, 0) is 43.0 Å². The van der Waals surface area contributed by atoms with Crippen LogP contribution in [0.1, 0.15) is 31.4 Å². The van der Waals surface area contributed by atoms with Gasteiger partial charge < -0.3 is 9.88 Å². The average molecular weight is 405 g/mol. The number of benzene rings is 1. The number of hydrogen-bond donors (Lipinski definition) is 1. The number of H-pyrrole nitrogens is 1. The second-order valence-electron chi connectivity index (χ2n) is 7.86. The van der Waals surface area contributed by atoms with Crippen molar-refractivity contribution in [2.45, 2.75) is 38.9 Å². The minimum Gasteiger partial charge on any atom is -0.361 e. The van der Waals surface area contributed by atoms with Crippen LogP contribution in [0.4, 0.5) is 13.2 Å². The molecule has 0 fully saturated rings. The molecule has 2 aromatic rings. The van der Waals surface area contributed by atoms with E-state index in [9.17, 15) is 18.0 Å². The second-order valence-corrected chi connectivity index (χ2v) is 7.86. The zero-order chi connectivity index (χ0) is 20.8. The fourth-order valence-electron chi connectivity index (χ4n) is 4.77. The number of alkyl halides is 3. The first-order valence-corrected chi connectivity index (χ1v) is 10.2. The lowest BCUT2D eigenvalue weighted by molar-refractivity contribution is -0.140. The fourth-order valence-corrected chi connectivity index (χ4v) is 4.77. The molecule has 4 rings (SSSR count). The predicted octanol–water partition coefficient (Wildman–Crippen LogP) is 4.23. The number of nitrogens with zero attached hydrogens (tertiary/aromatic N) is 2. The number of fused-ring (bicyclic) bond motifs is 2. The minimum atomic E-state index is -4.21. The summed E-state index contributed by atoms with van der Waals surface area (Å²) in [6.07, 6.45) is -0.451. The summed E-state index contributed by atoms with van der Waals surface area (Å²) in [5.74, 6) is -0.435. The molecular weight excluding hydrogens is 379 g/mol. The monoisotopic (exact) mass is 405 g/mol. The Morgan fingerprint density at radius 3 is 2.72 bits per heavy atom. The lowest BCUT2D eigenvalue weighted by Crippen LogP contribution is -2.50. The summed E-state index contributed by atoms with van der Waals surface area (Å²) in [7, 11) is 0. The van der Waals surface area contributed by atoms with E-state index in [1.54, 1.807) is 4.90 Å². The first kappa shape index (κ1) is 20.0. The van der Waals surface area contributed by atoms with Gasteiger partial charge >= 0.3 is 6.18 Å². The fraction of sp³-hybridized carbons (Fsp3) is 0.500. The van der Waals surface area contributed by atoms with Gasteiger partial charge in [0.2, 0.25) is 5.91 Å². The Balaban J connectivity index is 1.75. The van der Waals surface area contributed by atoms with Crippen molar-refractivity contribution in [3.05, 3.63) is 41.6 Å². The van der Waals surface area contributed by atoms with Gasteiger partial charge in [0.05, 0.1) is 12.3 Å². The van der Waals surface area contributed by atoms with Crippen LogP contribution in [-0.4, -0.2) is 59.1 Å². The highest BCUT2D eigenvalue weighted by Crippen LogP contribution is 2.41.